The van der Waals surface area contributed by atoms with Crippen LogP contribution in [0.25, 0.3) is 0 Å². The monoisotopic (exact) mass is 315 g/mol. The predicted octanol–water partition coefficient (Wildman–Crippen LogP) is 3.91. The van der Waals surface area contributed by atoms with Gasteiger partial charge in [0.1, 0.15) is 0 Å². The first-order valence-electron chi connectivity index (χ1n) is 6.22. The van der Waals surface area contributed by atoms with E-state index in [9.17, 15) is 0 Å². The smallest absolute Gasteiger partial charge is 0.185 e. The summed E-state index contributed by atoms with van der Waals surface area (Å²) >= 11 is 9.34. The molecule has 3 nitrogen and oxygen atoms in total. The van der Waals surface area contributed by atoms with Gasteiger partial charge in [-0.25, -0.2) is 4.98 Å². The lowest BCUT2D eigenvalue weighted by Gasteiger charge is -2.14. The number of hydrogen-bond acceptors (Lipinski definition) is 5. The summed E-state index contributed by atoms with van der Waals surface area (Å²) in [5, 5.41) is 4.41. The third kappa shape index (κ3) is 3.92. The Kier molecular flexibility index (Phi) is 5.21. The van der Waals surface area contributed by atoms with E-state index in [-0.39, 0.29) is 0 Å². The van der Waals surface area contributed by atoms with Gasteiger partial charge in [0.25, 0.3) is 0 Å². The normalized spacial score (nSPS) is 10.9. The highest BCUT2D eigenvalue weighted by Gasteiger charge is 2.12. The number of aromatic nitrogens is 1. The molecule has 6 heteroatoms. The second-order valence-electron chi connectivity index (χ2n) is 4.35. The second kappa shape index (κ2) is 6.70. The standard InChI is InChI=1S/C13H18ClN3S2/c1-4-15-7-11-9(2)16-13(19-11)17(3)8-10-5-6-12(14)18-10/h5-6,15H,4,7-8H2,1-3H3. The molecule has 2 aromatic rings. The first-order chi connectivity index (χ1) is 9.10. The van der Waals surface area contributed by atoms with E-state index in [2.05, 4.69) is 42.2 Å². The Bertz CT molecular complexity index is 536. The Balaban J connectivity index is 2.04. The molecule has 0 atom stereocenters. The summed E-state index contributed by atoms with van der Waals surface area (Å²) in [5.41, 5.74) is 1.12. The van der Waals surface area contributed by atoms with Gasteiger partial charge in [0.05, 0.1) is 16.6 Å². The van der Waals surface area contributed by atoms with Crippen LogP contribution in [0.1, 0.15) is 22.4 Å². The third-order valence-corrected chi connectivity index (χ3v) is 5.25. The number of aryl methyl sites for hydroxylation is 1. The molecule has 0 saturated carbocycles. The maximum atomic E-state index is 5.96. The third-order valence-electron chi connectivity index (χ3n) is 2.77. The molecule has 0 aliphatic carbocycles. The Morgan fingerprint density at radius 2 is 2.16 bits per heavy atom. The molecule has 0 fully saturated rings. The highest BCUT2D eigenvalue weighted by atomic mass is 35.5. The first-order valence-corrected chi connectivity index (χ1v) is 8.23. The van der Waals surface area contributed by atoms with Crippen molar-refractivity contribution in [2.45, 2.75) is 26.9 Å². The molecule has 0 radical (unpaired) electrons. The maximum absolute atomic E-state index is 5.96. The van der Waals surface area contributed by atoms with E-state index < -0.39 is 0 Å². The number of rotatable bonds is 6. The summed E-state index contributed by atoms with van der Waals surface area (Å²) in [6.07, 6.45) is 0. The van der Waals surface area contributed by atoms with Crippen LogP contribution >= 0.6 is 34.3 Å². The van der Waals surface area contributed by atoms with E-state index in [0.29, 0.717) is 0 Å². The summed E-state index contributed by atoms with van der Waals surface area (Å²) in [5.74, 6) is 0. The van der Waals surface area contributed by atoms with Crippen LogP contribution in [0.3, 0.4) is 0 Å². The lowest BCUT2D eigenvalue weighted by molar-refractivity contribution is 0.731. The highest BCUT2D eigenvalue weighted by Crippen LogP contribution is 2.28. The largest absolute Gasteiger partial charge is 0.346 e. The number of hydrogen-bond donors (Lipinski definition) is 1. The zero-order chi connectivity index (χ0) is 13.8. The fourth-order valence-electron chi connectivity index (χ4n) is 1.72. The summed E-state index contributed by atoms with van der Waals surface area (Å²) in [6, 6.07) is 4.02. The van der Waals surface area contributed by atoms with E-state index in [0.717, 1.165) is 34.8 Å². The van der Waals surface area contributed by atoms with Crippen LogP contribution in [-0.2, 0) is 13.1 Å². The van der Waals surface area contributed by atoms with Gasteiger partial charge in [0.2, 0.25) is 0 Å². The van der Waals surface area contributed by atoms with Crippen LogP contribution in [0.2, 0.25) is 4.34 Å². The first kappa shape index (κ1) is 14.8. The van der Waals surface area contributed by atoms with Crippen molar-refractivity contribution in [3.8, 4) is 0 Å². The minimum Gasteiger partial charge on any atom is -0.346 e. The van der Waals surface area contributed by atoms with Gasteiger partial charge in [-0.05, 0) is 25.6 Å². The van der Waals surface area contributed by atoms with Crippen molar-refractivity contribution in [1.29, 1.82) is 0 Å². The minimum absolute atomic E-state index is 0.839. The molecule has 19 heavy (non-hydrogen) atoms. The van der Waals surface area contributed by atoms with Crippen LogP contribution < -0.4 is 10.2 Å². The second-order valence-corrected chi connectivity index (χ2v) is 7.21. The molecule has 0 bridgehead atoms. The van der Waals surface area contributed by atoms with E-state index >= 15 is 0 Å². The van der Waals surface area contributed by atoms with Crippen molar-refractivity contribution >= 4 is 39.4 Å². The highest BCUT2D eigenvalue weighted by molar-refractivity contribution is 7.16. The Hall–Kier alpha value is -0.620. The molecule has 0 aromatic carbocycles. The molecule has 0 unspecified atom stereocenters. The quantitative estimate of drug-likeness (QED) is 0.876. The van der Waals surface area contributed by atoms with Crippen LogP contribution in [0, 0.1) is 6.92 Å². The zero-order valence-electron chi connectivity index (χ0n) is 11.4. The van der Waals surface area contributed by atoms with Gasteiger partial charge in [-0.1, -0.05) is 18.5 Å². The van der Waals surface area contributed by atoms with Crippen molar-refractivity contribution in [3.63, 3.8) is 0 Å². The molecule has 2 rings (SSSR count). The minimum atomic E-state index is 0.839. The number of nitrogens with one attached hydrogen (secondary N) is 1. The van der Waals surface area contributed by atoms with Crippen molar-refractivity contribution in [2.75, 3.05) is 18.5 Å². The molecule has 0 saturated heterocycles. The Morgan fingerprint density at radius 3 is 2.79 bits per heavy atom. The summed E-state index contributed by atoms with van der Waals surface area (Å²) in [4.78, 5) is 9.39. The molecule has 104 valence electrons. The average molecular weight is 316 g/mol. The molecule has 2 aromatic heterocycles. The molecular formula is C13H18ClN3S2. The van der Waals surface area contributed by atoms with Gasteiger partial charge >= 0.3 is 0 Å². The molecule has 2 heterocycles. The zero-order valence-corrected chi connectivity index (χ0v) is 13.8. The van der Waals surface area contributed by atoms with Gasteiger partial charge in [0.15, 0.2) is 5.13 Å². The van der Waals surface area contributed by atoms with Crippen molar-refractivity contribution in [2.24, 2.45) is 0 Å². The van der Waals surface area contributed by atoms with Crippen molar-refractivity contribution in [1.82, 2.24) is 10.3 Å². The van der Waals surface area contributed by atoms with Crippen molar-refractivity contribution in [3.05, 3.63) is 31.9 Å². The van der Waals surface area contributed by atoms with E-state index in [1.807, 2.05) is 6.07 Å². The van der Waals surface area contributed by atoms with Crippen LogP contribution in [-0.4, -0.2) is 18.6 Å². The fourth-order valence-corrected chi connectivity index (χ4v) is 3.85. The van der Waals surface area contributed by atoms with E-state index in [1.54, 1.807) is 22.7 Å². The number of anilines is 1. The summed E-state index contributed by atoms with van der Waals surface area (Å²) in [6.45, 7) is 6.92. The van der Waals surface area contributed by atoms with Gasteiger partial charge in [-0.15, -0.1) is 22.7 Å². The molecular weight excluding hydrogens is 298 g/mol. The lowest BCUT2D eigenvalue weighted by Crippen LogP contribution is -2.15. The van der Waals surface area contributed by atoms with Crippen LogP contribution in [0.4, 0.5) is 5.13 Å². The molecule has 0 spiro atoms. The molecule has 0 aliphatic rings. The fraction of sp³-hybridized carbons (Fsp3) is 0.462. The molecule has 1 N–H and O–H groups in total. The van der Waals surface area contributed by atoms with Crippen LogP contribution in [0.15, 0.2) is 12.1 Å². The summed E-state index contributed by atoms with van der Waals surface area (Å²) in [7, 11) is 2.07. The average Bonchev–Trinajstić information content (AvgIpc) is 2.93. The van der Waals surface area contributed by atoms with Gasteiger partial charge < -0.3 is 10.2 Å². The predicted molar refractivity (Wildman–Crippen MR) is 85.7 cm³/mol. The SMILES string of the molecule is CCNCc1sc(N(C)Cc2ccc(Cl)s2)nc1C. The number of halogens is 1. The van der Waals surface area contributed by atoms with E-state index in [1.165, 1.54) is 9.75 Å². The van der Waals surface area contributed by atoms with Crippen molar-refractivity contribution < 1.29 is 0 Å². The van der Waals surface area contributed by atoms with E-state index in [4.69, 9.17) is 11.6 Å². The maximum Gasteiger partial charge on any atom is 0.185 e. The number of thiazole rings is 1. The lowest BCUT2D eigenvalue weighted by atomic mass is 10.4. The Morgan fingerprint density at radius 1 is 1.37 bits per heavy atom. The number of nitrogens with zero attached hydrogens (tertiary/aromatic N) is 2. The summed E-state index contributed by atoms with van der Waals surface area (Å²) < 4.78 is 0.839. The van der Waals surface area contributed by atoms with Crippen LogP contribution in [0.5, 0.6) is 0 Å². The topological polar surface area (TPSA) is 28.2 Å². The van der Waals surface area contributed by atoms with Gasteiger partial charge in [-0.2, -0.15) is 0 Å². The van der Waals surface area contributed by atoms with Gasteiger partial charge in [-0.3, -0.25) is 0 Å². The number of thiophene rings is 1. The Labute approximate surface area is 127 Å². The molecule has 0 amide bonds. The molecule has 0 aliphatic heterocycles. The van der Waals surface area contributed by atoms with Gasteiger partial charge in [0, 0.05) is 23.3 Å².